The molecule has 2 heterocycles. The van der Waals surface area contributed by atoms with Gasteiger partial charge in [0.25, 0.3) is 0 Å². The van der Waals surface area contributed by atoms with Gasteiger partial charge in [-0.3, -0.25) is 0 Å². The average molecular weight is 286 g/mol. The van der Waals surface area contributed by atoms with Gasteiger partial charge in [0.1, 0.15) is 0 Å². The Morgan fingerprint density at radius 1 is 1.24 bits per heavy atom. The van der Waals surface area contributed by atoms with Gasteiger partial charge < -0.3 is 14.5 Å². The number of aryl methyl sites for hydroxylation is 3. The number of rotatable bonds is 6. The quantitative estimate of drug-likeness (QED) is 0.828. The van der Waals surface area contributed by atoms with Crippen molar-refractivity contribution in [3.63, 3.8) is 0 Å². The first kappa shape index (κ1) is 14.4. The van der Waals surface area contributed by atoms with Crippen LogP contribution >= 0.6 is 0 Å². The standard InChI is InChI=1S/C17H26N4/c1-2-7-19-17-6-4-3-5-15-12-21(13-16(15)17)11-10-20-9-8-18-14-20/h8-9,12-14,17,19H,2-7,10-11H2,1H3. The smallest absolute Gasteiger partial charge is 0.0946 e. The highest BCUT2D eigenvalue weighted by molar-refractivity contribution is 5.29. The molecule has 4 heteroatoms. The summed E-state index contributed by atoms with van der Waals surface area (Å²) < 4.78 is 4.49. The van der Waals surface area contributed by atoms with Crippen molar-refractivity contribution in [2.45, 2.75) is 58.2 Å². The van der Waals surface area contributed by atoms with Crippen molar-refractivity contribution >= 4 is 0 Å². The minimum Gasteiger partial charge on any atom is -0.352 e. The minimum absolute atomic E-state index is 0.553. The number of hydrogen-bond donors (Lipinski definition) is 1. The summed E-state index contributed by atoms with van der Waals surface area (Å²) in [6, 6.07) is 0.553. The van der Waals surface area contributed by atoms with Gasteiger partial charge in [-0.15, -0.1) is 0 Å². The third-order valence-electron chi connectivity index (χ3n) is 4.38. The fourth-order valence-corrected chi connectivity index (χ4v) is 3.23. The lowest BCUT2D eigenvalue weighted by molar-refractivity contribution is 0.486. The molecule has 114 valence electrons. The van der Waals surface area contributed by atoms with Crippen molar-refractivity contribution in [3.05, 3.63) is 42.2 Å². The van der Waals surface area contributed by atoms with Crippen LogP contribution in [0.4, 0.5) is 0 Å². The third-order valence-corrected chi connectivity index (χ3v) is 4.38. The van der Waals surface area contributed by atoms with E-state index in [4.69, 9.17) is 0 Å². The topological polar surface area (TPSA) is 34.8 Å². The second-order valence-electron chi connectivity index (χ2n) is 6.03. The number of imidazole rings is 1. The van der Waals surface area contributed by atoms with E-state index in [1.165, 1.54) is 37.7 Å². The Bertz CT molecular complexity index is 541. The van der Waals surface area contributed by atoms with E-state index in [1.54, 1.807) is 5.56 Å². The highest BCUT2D eigenvalue weighted by atomic mass is 15.1. The Kier molecular flexibility index (Phi) is 4.76. The molecule has 0 amide bonds. The van der Waals surface area contributed by atoms with Crippen molar-refractivity contribution in [1.82, 2.24) is 19.4 Å². The first-order chi connectivity index (χ1) is 10.4. The van der Waals surface area contributed by atoms with E-state index >= 15 is 0 Å². The van der Waals surface area contributed by atoms with Crippen LogP contribution in [0.15, 0.2) is 31.1 Å². The van der Waals surface area contributed by atoms with Crippen LogP contribution in [0.3, 0.4) is 0 Å². The van der Waals surface area contributed by atoms with E-state index < -0.39 is 0 Å². The highest BCUT2D eigenvalue weighted by Crippen LogP contribution is 2.29. The van der Waals surface area contributed by atoms with Gasteiger partial charge in [-0.25, -0.2) is 4.98 Å². The third kappa shape index (κ3) is 3.56. The molecular formula is C17H26N4. The number of aromatic nitrogens is 3. The lowest BCUT2D eigenvalue weighted by Crippen LogP contribution is -2.21. The molecule has 0 bridgehead atoms. The lowest BCUT2D eigenvalue weighted by atomic mass is 10.0. The van der Waals surface area contributed by atoms with Crippen LogP contribution in [0.1, 0.15) is 49.8 Å². The minimum atomic E-state index is 0.553. The van der Waals surface area contributed by atoms with Gasteiger partial charge in [-0.05, 0) is 43.4 Å². The van der Waals surface area contributed by atoms with E-state index in [1.807, 2.05) is 18.7 Å². The van der Waals surface area contributed by atoms with E-state index in [2.05, 4.69) is 38.8 Å². The molecule has 0 saturated heterocycles. The van der Waals surface area contributed by atoms with Crippen LogP contribution < -0.4 is 5.32 Å². The van der Waals surface area contributed by atoms with Crippen molar-refractivity contribution in [1.29, 1.82) is 0 Å². The number of nitrogens with one attached hydrogen (secondary N) is 1. The van der Waals surface area contributed by atoms with Crippen LogP contribution in [0, 0.1) is 0 Å². The van der Waals surface area contributed by atoms with Crippen LogP contribution in [-0.4, -0.2) is 20.7 Å². The summed E-state index contributed by atoms with van der Waals surface area (Å²) in [4.78, 5) is 4.10. The molecule has 1 atom stereocenters. The van der Waals surface area contributed by atoms with Crippen molar-refractivity contribution in [2.24, 2.45) is 0 Å². The molecule has 1 aliphatic carbocycles. The van der Waals surface area contributed by atoms with Gasteiger partial charge in [0.15, 0.2) is 0 Å². The summed E-state index contributed by atoms with van der Waals surface area (Å²) in [6.07, 6.45) is 16.9. The predicted octanol–water partition coefficient (Wildman–Crippen LogP) is 3.15. The number of nitrogens with zero attached hydrogens (tertiary/aromatic N) is 3. The molecule has 1 aliphatic rings. The summed E-state index contributed by atoms with van der Waals surface area (Å²) in [5, 5.41) is 3.72. The fourth-order valence-electron chi connectivity index (χ4n) is 3.23. The van der Waals surface area contributed by atoms with Crippen LogP contribution in [-0.2, 0) is 19.5 Å². The van der Waals surface area contributed by atoms with Crippen LogP contribution in [0.2, 0.25) is 0 Å². The van der Waals surface area contributed by atoms with Gasteiger partial charge in [0.05, 0.1) is 6.33 Å². The van der Waals surface area contributed by atoms with Crippen LogP contribution in [0.5, 0.6) is 0 Å². The van der Waals surface area contributed by atoms with Crippen LogP contribution in [0.25, 0.3) is 0 Å². The molecule has 0 radical (unpaired) electrons. The molecule has 3 rings (SSSR count). The van der Waals surface area contributed by atoms with Gasteiger partial charge in [0, 0.05) is 43.9 Å². The first-order valence-corrected chi connectivity index (χ1v) is 8.24. The molecular weight excluding hydrogens is 260 g/mol. The Morgan fingerprint density at radius 2 is 2.14 bits per heavy atom. The van der Waals surface area contributed by atoms with E-state index in [-0.39, 0.29) is 0 Å². The Hall–Kier alpha value is -1.55. The van der Waals surface area contributed by atoms with E-state index in [0.717, 1.165) is 19.6 Å². The largest absolute Gasteiger partial charge is 0.352 e. The SMILES string of the molecule is CCCNC1CCCCc2cn(CCn3ccnc3)cc21. The van der Waals surface area contributed by atoms with Gasteiger partial charge in [0.2, 0.25) is 0 Å². The first-order valence-electron chi connectivity index (χ1n) is 8.24. The highest BCUT2D eigenvalue weighted by Gasteiger charge is 2.19. The van der Waals surface area contributed by atoms with Gasteiger partial charge >= 0.3 is 0 Å². The molecule has 21 heavy (non-hydrogen) atoms. The Morgan fingerprint density at radius 3 is 2.95 bits per heavy atom. The maximum Gasteiger partial charge on any atom is 0.0946 e. The predicted molar refractivity (Wildman–Crippen MR) is 85.2 cm³/mol. The molecule has 4 nitrogen and oxygen atoms in total. The lowest BCUT2D eigenvalue weighted by Gasteiger charge is -2.16. The molecule has 0 spiro atoms. The molecule has 0 aromatic carbocycles. The maximum atomic E-state index is 4.10. The summed E-state index contributed by atoms with van der Waals surface area (Å²) in [5.74, 6) is 0. The molecule has 2 aromatic rings. The second kappa shape index (κ2) is 6.94. The van der Waals surface area contributed by atoms with Crippen molar-refractivity contribution in [2.75, 3.05) is 6.54 Å². The number of hydrogen-bond acceptors (Lipinski definition) is 2. The fraction of sp³-hybridized carbons (Fsp3) is 0.588. The van der Waals surface area contributed by atoms with E-state index in [0.29, 0.717) is 6.04 Å². The summed E-state index contributed by atoms with van der Waals surface area (Å²) in [5.41, 5.74) is 3.08. The van der Waals surface area contributed by atoms with Crippen molar-refractivity contribution in [3.8, 4) is 0 Å². The monoisotopic (exact) mass is 286 g/mol. The molecule has 0 saturated carbocycles. The normalized spacial score (nSPS) is 18.4. The molecule has 0 aliphatic heterocycles. The number of fused-ring (bicyclic) bond motifs is 1. The molecule has 0 fully saturated rings. The van der Waals surface area contributed by atoms with E-state index in [9.17, 15) is 0 Å². The molecule has 2 aromatic heterocycles. The average Bonchev–Trinajstić information content (AvgIpc) is 3.11. The summed E-state index contributed by atoms with van der Waals surface area (Å²) in [7, 11) is 0. The summed E-state index contributed by atoms with van der Waals surface area (Å²) >= 11 is 0. The van der Waals surface area contributed by atoms with Crippen molar-refractivity contribution < 1.29 is 0 Å². The Labute approximate surface area is 127 Å². The maximum absolute atomic E-state index is 4.10. The molecule has 1 N–H and O–H groups in total. The van der Waals surface area contributed by atoms with Gasteiger partial charge in [-0.1, -0.05) is 13.3 Å². The second-order valence-corrected chi connectivity index (χ2v) is 6.03. The zero-order valence-corrected chi connectivity index (χ0v) is 13.0. The summed E-state index contributed by atoms with van der Waals surface area (Å²) in [6.45, 7) is 5.36. The molecule has 1 unspecified atom stereocenters. The zero-order chi connectivity index (χ0) is 14.5. The van der Waals surface area contributed by atoms with Gasteiger partial charge in [-0.2, -0.15) is 0 Å². The Balaban J connectivity index is 1.70. The zero-order valence-electron chi connectivity index (χ0n) is 13.0.